The maximum Gasteiger partial charge on any atom is 0.326 e. The third-order valence-electron chi connectivity index (χ3n) is 5.96. The predicted molar refractivity (Wildman–Crippen MR) is 134 cm³/mol. The molecule has 0 aliphatic heterocycles. The molecule has 0 radical (unpaired) electrons. The Morgan fingerprint density at radius 1 is 1.11 bits per heavy atom. The lowest BCUT2D eigenvalue weighted by Crippen LogP contribution is -2.35. The van der Waals surface area contributed by atoms with E-state index in [1.54, 1.807) is 6.08 Å². The van der Waals surface area contributed by atoms with Crippen molar-refractivity contribution in [1.29, 1.82) is 0 Å². The van der Waals surface area contributed by atoms with E-state index in [4.69, 9.17) is 39.5 Å². The normalized spacial score (nSPS) is 18.9. The molecule has 36 heavy (non-hydrogen) atoms. The van der Waals surface area contributed by atoms with E-state index in [1.807, 2.05) is 5.32 Å². The van der Waals surface area contributed by atoms with Crippen molar-refractivity contribution < 1.29 is 23.6 Å². The summed E-state index contributed by atoms with van der Waals surface area (Å²) in [5.41, 5.74) is 0.525. The molecule has 1 saturated carbocycles. The molecule has 0 bridgehead atoms. The van der Waals surface area contributed by atoms with Crippen LogP contribution in [-0.2, 0) is 0 Å². The van der Waals surface area contributed by atoms with Crippen molar-refractivity contribution in [3.05, 3.63) is 90.4 Å². The van der Waals surface area contributed by atoms with Crippen LogP contribution in [0.2, 0.25) is 15.1 Å². The highest BCUT2D eigenvalue weighted by Gasteiger charge is 2.38. The van der Waals surface area contributed by atoms with Gasteiger partial charge in [0, 0.05) is 10.6 Å². The number of fused-ring (bicyclic) bond motifs is 1. The van der Waals surface area contributed by atoms with E-state index < -0.39 is 29.4 Å². The number of nitrogens with one attached hydrogen (secondary N) is 2. The lowest BCUT2D eigenvalue weighted by Gasteiger charge is -2.30. The van der Waals surface area contributed by atoms with Gasteiger partial charge in [-0.1, -0.05) is 47.3 Å². The summed E-state index contributed by atoms with van der Waals surface area (Å²) < 4.78 is 19.9. The molecule has 2 aliphatic rings. The highest BCUT2D eigenvalue weighted by atomic mass is 35.5. The van der Waals surface area contributed by atoms with E-state index >= 15 is 0 Å². The number of carbonyl (C=O) groups excluding carboxylic acids is 2. The van der Waals surface area contributed by atoms with E-state index in [9.17, 15) is 24.1 Å². The summed E-state index contributed by atoms with van der Waals surface area (Å²) in [6, 6.07) is 4.65. The van der Waals surface area contributed by atoms with Gasteiger partial charge in [0.25, 0.3) is 5.91 Å². The van der Waals surface area contributed by atoms with Crippen molar-refractivity contribution in [3.63, 3.8) is 0 Å². The minimum atomic E-state index is -1.03. The van der Waals surface area contributed by atoms with Crippen LogP contribution in [0.4, 0.5) is 14.9 Å². The van der Waals surface area contributed by atoms with Gasteiger partial charge in [-0.2, -0.15) is 0 Å². The number of hydrogen-bond acceptors (Lipinski definition) is 5. The summed E-state index contributed by atoms with van der Waals surface area (Å²) in [5, 5.41) is 15.8. The number of rotatable bonds is 5. The van der Waals surface area contributed by atoms with Crippen LogP contribution >= 0.6 is 34.8 Å². The fourth-order valence-corrected chi connectivity index (χ4v) is 5.16. The smallest absolute Gasteiger partial charge is 0.326 e. The Morgan fingerprint density at radius 3 is 2.50 bits per heavy atom. The van der Waals surface area contributed by atoms with Gasteiger partial charge in [0.2, 0.25) is 6.04 Å². The lowest BCUT2D eigenvalue weighted by molar-refractivity contribution is -0.517. The van der Waals surface area contributed by atoms with Gasteiger partial charge >= 0.3 is 6.03 Å². The molecule has 2 aromatic rings. The number of anilines is 1. The molecule has 0 saturated heterocycles. The molecule has 2 aromatic carbocycles. The zero-order valence-electron chi connectivity index (χ0n) is 18.5. The molecule has 2 unspecified atom stereocenters. The Labute approximate surface area is 220 Å². The maximum atomic E-state index is 13.9. The second kappa shape index (κ2) is 10.9. The first kappa shape index (κ1) is 25.9. The first-order valence-corrected chi connectivity index (χ1v) is 12.1. The third-order valence-corrected chi connectivity index (χ3v) is 6.84. The van der Waals surface area contributed by atoms with Gasteiger partial charge < -0.3 is 10.1 Å². The number of nitro groups is 1. The molecule has 3 amide bonds. The molecule has 0 heterocycles. The number of carbonyl (C=O) groups is 2. The molecule has 2 atom stereocenters. The van der Waals surface area contributed by atoms with Crippen LogP contribution in [-0.4, -0.2) is 22.9 Å². The average Bonchev–Trinajstić information content (AvgIpc) is 2.81. The number of hydrogen-bond donors (Lipinski definition) is 2. The zero-order chi connectivity index (χ0) is 26.0. The number of nitrogens with zero attached hydrogens (tertiary/aromatic N) is 1. The van der Waals surface area contributed by atoms with Crippen molar-refractivity contribution in [3.8, 4) is 5.75 Å². The minimum Gasteiger partial charge on any atom is -0.454 e. The summed E-state index contributed by atoms with van der Waals surface area (Å²) >= 11 is 18.6. The minimum absolute atomic E-state index is 0.0616. The number of ether oxygens (including phenoxy) is 1. The van der Waals surface area contributed by atoms with Gasteiger partial charge in [-0.15, -0.1) is 0 Å². The number of urea groups is 1. The maximum absolute atomic E-state index is 13.9. The summed E-state index contributed by atoms with van der Waals surface area (Å²) in [4.78, 5) is 35.7. The Morgan fingerprint density at radius 2 is 1.83 bits per heavy atom. The van der Waals surface area contributed by atoms with Crippen LogP contribution in [0, 0.1) is 21.8 Å². The number of halogens is 4. The molecular formula is C24H19Cl3FN3O5. The highest BCUT2D eigenvalue weighted by Crippen LogP contribution is 2.42. The number of imide groups is 1. The fourth-order valence-electron chi connectivity index (χ4n) is 4.35. The van der Waals surface area contributed by atoms with Crippen LogP contribution < -0.4 is 15.4 Å². The third kappa shape index (κ3) is 5.48. The molecule has 8 nitrogen and oxygen atoms in total. The number of benzene rings is 2. The molecule has 12 heteroatoms. The van der Waals surface area contributed by atoms with Gasteiger partial charge in [-0.3, -0.25) is 20.2 Å². The van der Waals surface area contributed by atoms with E-state index in [1.165, 1.54) is 30.3 Å². The lowest BCUT2D eigenvalue weighted by atomic mass is 9.76. The van der Waals surface area contributed by atoms with Crippen LogP contribution in [0.25, 0.3) is 0 Å². The SMILES string of the molecule is O=C(NC(=O)c1c(F)cccc1Cl)Nc1cc(Cl)c(OC2=C3CCCCC3C([N+](=O)[O-])C=C2)c(Cl)c1. The van der Waals surface area contributed by atoms with Gasteiger partial charge in [0.05, 0.1) is 26.5 Å². The van der Waals surface area contributed by atoms with Crippen LogP contribution in [0.5, 0.6) is 5.75 Å². The second-order valence-electron chi connectivity index (χ2n) is 8.25. The highest BCUT2D eigenvalue weighted by molar-refractivity contribution is 6.38. The Kier molecular flexibility index (Phi) is 7.82. The van der Waals surface area contributed by atoms with Gasteiger partial charge in [0.1, 0.15) is 11.6 Å². The average molecular weight is 555 g/mol. The van der Waals surface area contributed by atoms with Crippen LogP contribution in [0.15, 0.2) is 53.8 Å². The topological polar surface area (TPSA) is 111 Å². The molecule has 0 aromatic heterocycles. The van der Waals surface area contributed by atoms with Crippen LogP contribution in [0.3, 0.4) is 0 Å². The first-order valence-electron chi connectivity index (χ1n) is 10.9. The predicted octanol–water partition coefficient (Wildman–Crippen LogP) is 6.79. The molecule has 2 aliphatic carbocycles. The van der Waals surface area contributed by atoms with Crippen molar-refractivity contribution >= 4 is 52.4 Å². The summed E-state index contributed by atoms with van der Waals surface area (Å²) in [5.74, 6) is -1.57. The van der Waals surface area contributed by atoms with Gasteiger partial charge in [-0.25, -0.2) is 9.18 Å². The first-order chi connectivity index (χ1) is 17.2. The monoisotopic (exact) mass is 553 g/mol. The summed E-state index contributed by atoms with van der Waals surface area (Å²) in [6.07, 6.45) is 6.23. The molecule has 1 fully saturated rings. The van der Waals surface area contributed by atoms with E-state index in [2.05, 4.69) is 5.32 Å². The van der Waals surface area contributed by atoms with E-state index in [0.717, 1.165) is 24.5 Å². The number of allylic oxidation sites excluding steroid dienone is 1. The largest absolute Gasteiger partial charge is 0.454 e. The molecule has 188 valence electrons. The second-order valence-corrected chi connectivity index (χ2v) is 9.47. The Bertz CT molecular complexity index is 1270. The number of amides is 3. The summed E-state index contributed by atoms with van der Waals surface area (Å²) in [6.45, 7) is 0. The van der Waals surface area contributed by atoms with Crippen molar-refractivity contribution in [2.45, 2.75) is 31.7 Å². The quantitative estimate of drug-likeness (QED) is 0.312. The molecular weight excluding hydrogens is 536 g/mol. The van der Waals surface area contributed by atoms with Crippen LogP contribution in [0.1, 0.15) is 36.0 Å². The van der Waals surface area contributed by atoms with E-state index in [-0.39, 0.29) is 37.3 Å². The molecule has 4 rings (SSSR count). The van der Waals surface area contributed by atoms with E-state index in [0.29, 0.717) is 18.6 Å². The zero-order valence-corrected chi connectivity index (χ0v) is 20.8. The standard InChI is InChI=1S/C24H19Cl3FN3O5/c25-15-6-3-7-18(28)21(15)23(32)30-24(33)29-12-10-16(26)22(17(27)11-12)36-20-9-8-19(31(34)35)13-4-1-2-5-14(13)20/h3,6-11,13,19H,1-2,4-5H2,(H2,29,30,32,33). The fraction of sp³-hybridized carbons (Fsp3) is 0.250. The van der Waals surface area contributed by atoms with Crippen molar-refractivity contribution in [1.82, 2.24) is 5.32 Å². The van der Waals surface area contributed by atoms with Gasteiger partial charge in [0.15, 0.2) is 5.75 Å². The molecule has 2 N–H and O–H groups in total. The summed E-state index contributed by atoms with van der Waals surface area (Å²) in [7, 11) is 0. The van der Waals surface area contributed by atoms with Crippen molar-refractivity contribution in [2.75, 3.05) is 5.32 Å². The Balaban J connectivity index is 1.49. The molecule has 0 spiro atoms. The van der Waals surface area contributed by atoms with Gasteiger partial charge in [-0.05, 0) is 61.3 Å². The Hall–Kier alpha value is -3.14. The van der Waals surface area contributed by atoms with Crippen molar-refractivity contribution in [2.24, 2.45) is 5.92 Å².